The molecule has 0 bridgehead atoms. The molecule has 2 atom stereocenters. The highest BCUT2D eigenvalue weighted by Crippen LogP contribution is 2.42. The Hall–Kier alpha value is -3.49. The highest BCUT2D eigenvalue weighted by molar-refractivity contribution is 6.05. The van der Waals surface area contributed by atoms with Gasteiger partial charge in [0.05, 0.1) is 18.6 Å². The van der Waals surface area contributed by atoms with Crippen molar-refractivity contribution in [2.75, 3.05) is 6.54 Å². The van der Waals surface area contributed by atoms with Crippen molar-refractivity contribution in [1.82, 2.24) is 9.88 Å². The van der Waals surface area contributed by atoms with Gasteiger partial charge in [0.25, 0.3) is 5.91 Å². The maximum Gasteiger partial charge on any atom is 0.305 e. The number of carboxylic acids is 1. The fourth-order valence-electron chi connectivity index (χ4n) is 4.75. The predicted molar refractivity (Wildman–Crippen MR) is 141 cm³/mol. The van der Waals surface area contributed by atoms with E-state index in [2.05, 4.69) is 5.32 Å². The zero-order chi connectivity index (χ0) is 27.1. The van der Waals surface area contributed by atoms with Gasteiger partial charge in [-0.1, -0.05) is 42.5 Å². The van der Waals surface area contributed by atoms with Crippen molar-refractivity contribution in [2.45, 2.75) is 64.7 Å². The second kappa shape index (κ2) is 12.7. The van der Waals surface area contributed by atoms with Gasteiger partial charge in [0.15, 0.2) is 0 Å². The van der Waals surface area contributed by atoms with Crippen LogP contribution in [0.3, 0.4) is 0 Å². The third kappa shape index (κ3) is 6.84. The number of rotatable bonds is 12. The molecule has 2 unspecified atom stereocenters. The Kier molecular flexibility index (Phi) is 9.60. The van der Waals surface area contributed by atoms with Crippen LogP contribution in [-0.2, 0) is 11.2 Å². The molecule has 0 saturated carbocycles. The van der Waals surface area contributed by atoms with E-state index in [9.17, 15) is 24.2 Å². The molecule has 0 spiro atoms. The lowest BCUT2D eigenvalue weighted by Gasteiger charge is -2.20. The lowest BCUT2D eigenvalue weighted by atomic mass is 9.92. The smallest absolute Gasteiger partial charge is 0.305 e. The molecule has 0 radical (unpaired) electrons. The largest absolute Gasteiger partial charge is 0.481 e. The van der Waals surface area contributed by atoms with Crippen LogP contribution in [0.25, 0.3) is 22.3 Å². The number of halogens is 1. The quantitative estimate of drug-likeness (QED) is 0.279. The molecule has 0 aliphatic carbocycles. The number of nitrogens with one attached hydrogen (secondary N) is 1. The van der Waals surface area contributed by atoms with Crippen LogP contribution in [0.5, 0.6) is 0 Å². The maximum absolute atomic E-state index is 13.9. The number of aliphatic carboxylic acids is 1. The van der Waals surface area contributed by atoms with Crippen molar-refractivity contribution in [3.8, 4) is 22.3 Å². The third-order valence-corrected chi connectivity index (χ3v) is 6.24. The Labute approximate surface area is 216 Å². The summed E-state index contributed by atoms with van der Waals surface area (Å²) in [5.74, 6) is -1.74. The van der Waals surface area contributed by atoms with Gasteiger partial charge in [0.2, 0.25) is 0 Å². The van der Waals surface area contributed by atoms with Crippen LogP contribution in [0.2, 0.25) is 0 Å². The zero-order valence-corrected chi connectivity index (χ0v) is 21.4. The van der Waals surface area contributed by atoms with E-state index in [-0.39, 0.29) is 30.6 Å². The highest BCUT2D eigenvalue weighted by Gasteiger charge is 2.30. The molecule has 198 valence electrons. The minimum Gasteiger partial charge on any atom is -0.481 e. The fourth-order valence-corrected chi connectivity index (χ4v) is 4.75. The van der Waals surface area contributed by atoms with Crippen molar-refractivity contribution in [2.24, 2.45) is 0 Å². The second-order valence-electron chi connectivity index (χ2n) is 9.42. The van der Waals surface area contributed by atoms with E-state index in [1.165, 1.54) is 12.1 Å². The average molecular weight is 511 g/mol. The summed E-state index contributed by atoms with van der Waals surface area (Å²) < 4.78 is 15.8. The molecule has 7 nitrogen and oxygen atoms in total. The van der Waals surface area contributed by atoms with E-state index in [4.69, 9.17) is 5.11 Å². The Morgan fingerprint density at radius 3 is 2.14 bits per heavy atom. The van der Waals surface area contributed by atoms with Gasteiger partial charge in [0.1, 0.15) is 11.5 Å². The SMILES string of the molecule is CCNC(=O)c1c(-c2ccccc2)c(-c2ccc(F)cc2)c(CCC(O)CC(O)CC(=O)O)n1C(C)C. The minimum absolute atomic E-state index is 0.0741. The molecule has 1 amide bonds. The van der Waals surface area contributed by atoms with Gasteiger partial charge >= 0.3 is 5.97 Å². The van der Waals surface area contributed by atoms with E-state index in [1.54, 1.807) is 12.1 Å². The monoisotopic (exact) mass is 510 g/mol. The summed E-state index contributed by atoms with van der Waals surface area (Å²) in [7, 11) is 0. The van der Waals surface area contributed by atoms with E-state index < -0.39 is 24.6 Å². The number of nitrogens with zero attached hydrogens (tertiary/aromatic N) is 1. The molecular formula is C29H35FN2O5. The van der Waals surface area contributed by atoms with E-state index in [1.807, 2.05) is 55.7 Å². The maximum atomic E-state index is 13.9. The van der Waals surface area contributed by atoms with Crippen LogP contribution < -0.4 is 5.32 Å². The van der Waals surface area contributed by atoms with Crippen LogP contribution >= 0.6 is 0 Å². The van der Waals surface area contributed by atoms with Gasteiger partial charge < -0.3 is 25.2 Å². The van der Waals surface area contributed by atoms with E-state index >= 15 is 0 Å². The van der Waals surface area contributed by atoms with Crippen LogP contribution in [-0.4, -0.2) is 50.5 Å². The van der Waals surface area contributed by atoms with E-state index in [0.29, 0.717) is 18.7 Å². The number of benzene rings is 2. The summed E-state index contributed by atoms with van der Waals surface area (Å²) >= 11 is 0. The molecule has 0 aliphatic rings. The molecule has 3 rings (SSSR count). The van der Waals surface area contributed by atoms with Gasteiger partial charge in [0, 0.05) is 29.4 Å². The molecular weight excluding hydrogens is 475 g/mol. The van der Waals surface area contributed by atoms with Crippen LogP contribution in [0.4, 0.5) is 4.39 Å². The van der Waals surface area contributed by atoms with Crippen LogP contribution in [0, 0.1) is 5.82 Å². The topological polar surface area (TPSA) is 112 Å². The zero-order valence-electron chi connectivity index (χ0n) is 21.4. The summed E-state index contributed by atoms with van der Waals surface area (Å²) in [6, 6.07) is 15.5. The lowest BCUT2D eigenvalue weighted by Crippen LogP contribution is -2.27. The normalized spacial score (nSPS) is 12.9. The molecule has 1 aromatic heterocycles. The van der Waals surface area contributed by atoms with Gasteiger partial charge in [-0.2, -0.15) is 0 Å². The summed E-state index contributed by atoms with van der Waals surface area (Å²) in [6.07, 6.45) is -2.03. The molecule has 4 N–H and O–H groups in total. The number of amides is 1. The van der Waals surface area contributed by atoms with Crippen molar-refractivity contribution >= 4 is 11.9 Å². The highest BCUT2D eigenvalue weighted by atomic mass is 19.1. The third-order valence-electron chi connectivity index (χ3n) is 6.24. The Morgan fingerprint density at radius 1 is 0.946 bits per heavy atom. The molecule has 0 saturated heterocycles. The predicted octanol–water partition coefficient (Wildman–Crippen LogP) is 4.81. The van der Waals surface area contributed by atoms with Crippen LogP contribution in [0.15, 0.2) is 54.6 Å². The number of aliphatic hydroxyl groups is 2. The molecule has 0 aliphatic heterocycles. The molecule has 1 heterocycles. The number of carboxylic acid groups (broad SMARTS) is 1. The number of aromatic nitrogens is 1. The summed E-state index contributed by atoms with van der Waals surface area (Å²) in [5, 5.41) is 32.4. The van der Waals surface area contributed by atoms with Crippen molar-refractivity contribution in [3.05, 3.63) is 71.8 Å². The number of carbonyl (C=O) groups is 2. The number of carbonyl (C=O) groups excluding carboxylic acids is 1. The van der Waals surface area contributed by atoms with E-state index in [0.717, 1.165) is 27.9 Å². The number of hydrogen-bond acceptors (Lipinski definition) is 4. The second-order valence-corrected chi connectivity index (χ2v) is 9.42. The van der Waals surface area contributed by atoms with Crippen molar-refractivity contribution in [1.29, 1.82) is 0 Å². The Morgan fingerprint density at radius 2 is 1.57 bits per heavy atom. The van der Waals surface area contributed by atoms with Crippen molar-refractivity contribution in [3.63, 3.8) is 0 Å². The first kappa shape index (κ1) is 28.1. The molecule has 3 aromatic rings. The lowest BCUT2D eigenvalue weighted by molar-refractivity contribution is -0.139. The van der Waals surface area contributed by atoms with Crippen LogP contribution in [0.1, 0.15) is 62.3 Å². The van der Waals surface area contributed by atoms with Crippen molar-refractivity contribution < 1.29 is 29.3 Å². The first-order chi connectivity index (χ1) is 17.6. The summed E-state index contributed by atoms with van der Waals surface area (Å²) in [4.78, 5) is 24.4. The summed E-state index contributed by atoms with van der Waals surface area (Å²) in [6.45, 7) is 6.24. The molecule has 8 heteroatoms. The number of hydrogen-bond donors (Lipinski definition) is 4. The molecule has 2 aromatic carbocycles. The van der Waals surface area contributed by atoms with Gasteiger partial charge in [-0.25, -0.2) is 4.39 Å². The first-order valence-electron chi connectivity index (χ1n) is 12.6. The average Bonchev–Trinajstić information content (AvgIpc) is 3.19. The first-order valence-corrected chi connectivity index (χ1v) is 12.6. The minimum atomic E-state index is -1.16. The van der Waals surface area contributed by atoms with Gasteiger partial charge in [-0.3, -0.25) is 9.59 Å². The molecule has 37 heavy (non-hydrogen) atoms. The fraction of sp³-hybridized carbons (Fsp3) is 0.379. The summed E-state index contributed by atoms with van der Waals surface area (Å²) in [5.41, 5.74) is 4.36. The Bertz CT molecular complexity index is 1210. The Balaban J connectivity index is 2.21. The van der Waals surface area contributed by atoms with Gasteiger partial charge in [-0.15, -0.1) is 0 Å². The number of aliphatic hydroxyl groups excluding tert-OH is 2. The standard InChI is InChI=1S/C29H35FN2O5/c1-4-31-29(37)28-27(19-8-6-5-7-9-19)26(20-10-12-21(30)13-11-20)24(32(28)18(2)3)15-14-22(33)16-23(34)17-25(35)36/h5-13,18,22-23,33-34H,4,14-17H2,1-3H3,(H,31,37)(H,35,36). The molecule has 0 fully saturated rings. The van der Waals surface area contributed by atoms with Gasteiger partial charge in [-0.05, 0) is 63.3 Å².